The topological polar surface area (TPSA) is 58.6 Å². The van der Waals surface area contributed by atoms with Crippen LogP contribution >= 0.6 is 15.9 Å². The van der Waals surface area contributed by atoms with Gasteiger partial charge in [0.2, 0.25) is 0 Å². The molecule has 0 aliphatic rings. The van der Waals surface area contributed by atoms with Crippen LogP contribution in [0.3, 0.4) is 0 Å². The highest BCUT2D eigenvalue weighted by molar-refractivity contribution is 9.10. The third-order valence-electron chi connectivity index (χ3n) is 3.01. The van der Waals surface area contributed by atoms with Gasteiger partial charge in [0.1, 0.15) is 5.75 Å². The van der Waals surface area contributed by atoms with Gasteiger partial charge in [-0.2, -0.15) is 0 Å². The third kappa shape index (κ3) is 3.23. The Morgan fingerprint density at radius 1 is 1.56 bits per heavy atom. The van der Waals surface area contributed by atoms with Crippen LogP contribution in [0.25, 0.3) is 0 Å². The molecule has 0 saturated heterocycles. The highest BCUT2D eigenvalue weighted by Crippen LogP contribution is 2.31. The first-order chi connectivity index (χ1) is 8.54. The number of halogens is 1. The lowest BCUT2D eigenvalue weighted by Crippen LogP contribution is -2.30. The van der Waals surface area contributed by atoms with E-state index in [0.717, 1.165) is 15.8 Å². The Hall–Kier alpha value is -1.07. The average molecular weight is 316 g/mol. The van der Waals surface area contributed by atoms with Gasteiger partial charge in [-0.15, -0.1) is 0 Å². The summed E-state index contributed by atoms with van der Waals surface area (Å²) in [5, 5.41) is 12.3. The number of methoxy groups -OCH3 is 1. The van der Waals surface area contributed by atoms with Crippen molar-refractivity contribution in [1.82, 2.24) is 5.32 Å². The Labute approximate surface area is 115 Å². The van der Waals surface area contributed by atoms with Crippen LogP contribution in [0.5, 0.6) is 5.75 Å². The maximum absolute atomic E-state index is 11.2. The average Bonchev–Trinajstić information content (AvgIpc) is 2.35. The Morgan fingerprint density at radius 3 is 2.61 bits per heavy atom. The number of carboxylic acid groups (broad SMARTS) is 1. The van der Waals surface area contributed by atoms with Gasteiger partial charge in [0.05, 0.1) is 17.5 Å². The zero-order chi connectivity index (χ0) is 13.7. The summed E-state index contributed by atoms with van der Waals surface area (Å²) in [7, 11) is 3.37. The minimum atomic E-state index is -0.788. The largest absolute Gasteiger partial charge is 0.496 e. The molecule has 2 N–H and O–H groups in total. The molecule has 0 spiro atoms. The predicted molar refractivity (Wildman–Crippen MR) is 73.9 cm³/mol. The monoisotopic (exact) mass is 315 g/mol. The molecule has 0 aliphatic carbocycles. The van der Waals surface area contributed by atoms with Gasteiger partial charge >= 0.3 is 5.97 Å². The van der Waals surface area contributed by atoms with Crippen LogP contribution in [-0.4, -0.2) is 25.2 Å². The third-order valence-corrected chi connectivity index (χ3v) is 3.63. The fraction of sp³-hybridized carbons (Fsp3) is 0.462. The maximum Gasteiger partial charge on any atom is 0.308 e. The van der Waals surface area contributed by atoms with Gasteiger partial charge in [-0.1, -0.05) is 13.0 Å². The van der Waals surface area contributed by atoms with Crippen LogP contribution < -0.4 is 10.1 Å². The summed E-state index contributed by atoms with van der Waals surface area (Å²) < 4.78 is 5.99. The fourth-order valence-corrected chi connectivity index (χ4v) is 2.59. The predicted octanol–water partition coefficient (Wildman–Crippen LogP) is 2.83. The summed E-state index contributed by atoms with van der Waals surface area (Å²) in [6, 6.07) is 5.40. The van der Waals surface area contributed by atoms with Crippen LogP contribution in [0.15, 0.2) is 22.7 Å². The van der Waals surface area contributed by atoms with Crippen LogP contribution in [0.4, 0.5) is 0 Å². The summed E-state index contributed by atoms with van der Waals surface area (Å²) in [6.07, 6.45) is 0.574. The molecule has 0 amide bonds. The van der Waals surface area contributed by atoms with Crippen molar-refractivity contribution in [3.63, 3.8) is 0 Å². The number of rotatable bonds is 6. The molecule has 1 aromatic carbocycles. The highest BCUT2D eigenvalue weighted by Gasteiger charge is 2.26. The number of benzene rings is 1. The minimum absolute atomic E-state index is 0.213. The van der Waals surface area contributed by atoms with Crippen molar-refractivity contribution in [3.05, 3.63) is 28.2 Å². The first-order valence-electron chi connectivity index (χ1n) is 5.78. The molecule has 0 saturated carbocycles. The van der Waals surface area contributed by atoms with Crippen LogP contribution in [0.2, 0.25) is 0 Å². The summed E-state index contributed by atoms with van der Waals surface area (Å²) in [5.74, 6) is -0.504. The number of ether oxygens (including phenoxy) is 1. The van der Waals surface area contributed by atoms with Gasteiger partial charge < -0.3 is 15.2 Å². The Bertz CT molecular complexity index is 423. The molecule has 0 heterocycles. The number of aliphatic carboxylic acids is 1. The molecule has 1 rings (SSSR count). The zero-order valence-electron chi connectivity index (χ0n) is 10.7. The van der Waals surface area contributed by atoms with Crippen molar-refractivity contribution in [2.45, 2.75) is 19.4 Å². The van der Waals surface area contributed by atoms with Crippen molar-refractivity contribution < 1.29 is 14.6 Å². The number of hydrogen-bond donors (Lipinski definition) is 2. The smallest absolute Gasteiger partial charge is 0.308 e. The summed E-state index contributed by atoms with van der Waals surface area (Å²) in [4.78, 5) is 11.2. The second-order valence-corrected chi connectivity index (χ2v) is 4.87. The molecular formula is C13H18BrNO3. The first kappa shape index (κ1) is 15.0. The van der Waals surface area contributed by atoms with E-state index in [-0.39, 0.29) is 6.04 Å². The molecule has 100 valence electrons. The molecule has 0 aromatic heterocycles. The molecule has 0 fully saturated rings. The van der Waals surface area contributed by atoms with E-state index in [9.17, 15) is 9.90 Å². The van der Waals surface area contributed by atoms with Crippen molar-refractivity contribution >= 4 is 21.9 Å². The van der Waals surface area contributed by atoms with E-state index >= 15 is 0 Å². The van der Waals surface area contributed by atoms with Gasteiger partial charge in [0, 0.05) is 6.04 Å². The van der Waals surface area contributed by atoms with Crippen molar-refractivity contribution in [3.8, 4) is 5.75 Å². The molecule has 5 heteroatoms. The minimum Gasteiger partial charge on any atom is -0.496 e. The normalized spacial score (nSPS) is 14.0. The molecule has 18 heavy (non-hydrogen) atoms. The van der Waals surface area contributed by atoms with E-state index in [1.807, 2.05) is 25.1 Å². The number of carboxylic acids is 1. The molecule has 0 aliphatic heterocycles. The maximum atomic E-state index is 11.2. The van der Waals surface area contributed by atoms with E-state index < -0.39 is 11.9 Å². The van der Waals surface area contributed by atoms with Gasteiger partial charge in [-0.05, 0) is 47.1 Å². The van der Waals surface area contributed by atoms with Crippen LogP contribution in [0.1, 0.15) is 24.9 Å². The quantitative estimate of drug-likeness (QED) is 0.847. The molecule has 4 nitrogen and oxygen atoms in total. The Morgan fingerprint density at radius 2 is 2.22 bits per heavy atom. The summed E-state index contributed by atoms with van der Waals surface area (Å²) >= 11 is 3.41. The van der Waals surface area contributed by atoms with Crippen molar-refractivity contribution in [2.24, 2.45) is 5.92 Å². The molecular weight excluding hydrogens is 298 g/mol. The van der Waals surface area contributed by atoms with E-state index in [4.69, 9.17) is 4.74 Å². The molecule has 1 aromatic rings. The second kappa shape index (κ2) is 6.75. The number of hydrogen-bond acceptors (Lipinski definition) is 3. The first-order valence-corrected chi connectivity index (χ1v) is 6.57. The Balaban J connectivity index is 3.08. The number of carbonyl (C=O) groups is 1. The fourth-order valence-electron chi connectivity index (χ4n) is 2.03. The zero-order valence-corrected chi connectivity index (χ0v) is 12.3. The molecule has 2 atom stereocenters. The van der Waals surface area contributed by atoms with Crippen molar-refractivity contribution in [1.29, 1.82) is 0 Å². The summed E-state index contributed by atoms with van der Waals surface area (Å²) in [5.41, 5.74) is 0.930. The Kier molecular flexibility index (Phi) is 5.62. The van der Waals surface area contributed by atoms with E-state index in [0.29, 0.717) is 6.42 Å². The van der Waals surface area contributed by atoms with E-state index in [2.05, 4.69) is 21.2 Å². The summed E-state index contributed by atoms with van der Waals surface area (Å²) in [6.45, 7) is 1.88. The van der Waals surface area contributed by atoms with Crippen molar-refractivity contribution in [2.75, 3.05) is 14.2 Å². The number of nitrogens with one attached hydrogen (secondary N) is 1. The van der Waals surface area contributed by atoms with Gasteiger partial charge in [0.25, 0.3) is 0 Å². The highest BCUT2D eigenvalue weighted by atomic mass is 79.9. The van der Waals surface area contributed by atoms with Crippen LogP contribution in [0, 0.1) is 5.92 Å². The standard InChI is InChI=1S/C13H18BrNO3/c1-4-9(13(16)17)12(15-2)8-5-6-11(18-3)10(14)7-8/h5-7,9,12,15H,4H2,1-3H3,(H,16,17). The molecule has 0 bridgehead atoms. The SMILES string of the molecule is CCC(C(=O)O)C(NC)c1ccc(OC)c(Br)c1. The second-order valence-electron chi connectivity index (χ2n) is 4.01. The molecule has 2 unspecified atom stereocenters. The van der Waals surface area contributed by atoms with Crippen LogP contribution in [-0.2, 0) is 4.79 Å². The van der Waals surface area contributed by atoms with Gasteiger partial charge in [0.15, 0.2) is 0 Å². The lowest BCUT2D eigenvalue weighted by atomic mass is 9.91. The molecule has 0 radical (unpaired) electrons. The van der Waals surface area contributed by atoms with E-state index in [1.165, 1.54) is 0 Å². The lowest BCUT2D eigenvalue weighted by molar-refractivity contribution is -0.143. The van der Waals surface area contributed by atoms with Gasteiger partial charge in [-0.3, -0.25) is 4.79 Å². The van der Waals surface area contributed by atoms with Gasteiger partial charge in [-0.25, -0.2) is 0 Å². The van der Waals surface area contributed by atoms with E-state index in [1.54, 1.807) is 14.2 Å². The lowest BCUT2D eigenvalue weighted by Gasteiger charge is -2.23.